The number of H-pyrrole nitrogens is 1. The Morgan fingerprint density at radius 3 is 2.74 bits per heavy atom. The average Bonchev–Trinajstić information content (AvgIpc) is 3.14. The third kappa shape index (κ3) is 6.38. The fraction of sp³-hybridized carbons (Fsp3) is 0.435. The summed E-state index contributed by atoms with van der Waals surface area (Å²) < 4.78 is 6.02. The molecule has 3 rings (SSSR count). The molecule has 0 spiro atoms. The van der Waals surface area contributed by atoms with E-state index in [9.17, 15) is 15.0 Å². The van der Waals surface area contributed by atoms with Crippen LogP contribution in [-0.4, -0.2) is 47.5 Å². The van der Waals surface area contributed by atoms with Crippen molar-refractivity contribution in [2.24, 2.45) is 0 Å². The number of thiazole rings is 1. The van der Waals surface area contributed by atoms with Crippen molar-refractivity contribution in [2.45, 2.75) is 38.5 Å². The lowest BCUT2D eigenvalue weighted by Crippen LogP contribution is -2.36. The summed E-state index contributed by atoms with van der Waals surface area (Å²) in [5, 5.41) is 27.2. The molecule has 0 bridgehead atoms. The van der Waals surface area contributed by atoms with Crippen LogP contribution < -0.4 is 15.5 Å². The van der Waals surface area contributed by atoms with Crippen molar-refractivity contribution >= 4 is 21.6 Å². The quantitative estimate of drug-likeness (QED) is 0.291. The summed E-state index contributed by atoms with van der Waals surface area (Å²) in [4.78, 5) is 14.0. The molecule has 31 heavy (non-hydrogen) atoms. The van der Waals surface area contributed by atoms with Gasteiger partial charge in [-0.1, -0.05) is 41.7 Å². The third-order valence-corrected chi connectivity index (χ3v) is 6.23. The minimum absolute atomic E-state index is 0.0115. The Labute approximate surface area is 186 Å². The number of benzene rings is 2. The van der Waals surface area contributed by atoms with Gasteiger partial charge in [0.1, 0.15) is 11.3 Å². The molecule has 7 nitrogen and oxygen atoms in total. The Morgan fingerprint density at radius 2 is 1.97 bits per heavy atom. The van der Waals surface area contributed by atoms with E-state index in [4.69, 9.17) is 4.74 Å². The van der Waals surface area contributed by atoms with Gasteiger partial charge in [-0.15, -0.1) is 0 Å². The number of aliphatic hydroxyl groups is 1. The van der Waals surface area contributed by atoms with Gasteiger partial charge in [-0.3, -0.25) is 4.79 Å². The molecule has 0 amide bonds. The molecule has 0 fully saturated rings. The number of methoxy groups -OCH3 is 1. The first-order chi connectivity index (χ1) is 14.8. The lowest BCUT2D eigenvalue weighted by atomic mass is 10.1. The molecule has 0 aliphatic carbocycles. The Morgan fingerprint density at radius 1 is 1.19 bits per heavy atom. The maximum absolute atomic E-state index is 11.6. The van der Waals surface area contributed by atoms with E-state index in [0.29, 0.717) is 22.3 Å². The minimum atomic E-state index is -0.769. The highest BCUT2D eigenvalue weighted by Gasteiger charge is 2.16. The van der Waals surface area contributed by atoms with Gasteiger partial charge < -0.3 is 30.6 Å². The number of ether oxygens (including phenoxy) is 1. The highest BCUT2D eigenvalue weighted by molar-refractivity contribution is 7.16. The van der Waals surface area contributed by atoms with Crippen LogP contribution in [0.2, 0.25) is 0 Å². The first-order valence-corrected chi connectivity index (χ1v) is 11.2. The number of phenols is 1. The molecule has 8 heteroatoms. The molecule has 168 valence electrons. The number of phenolic OH excluding ortho intramolecular Hbond substituents is 1. The number of rotatable bonds is 11. The van der Waals surface area contributed by atoms with Gasteiger partial charge in [0.25, 0.3) is 0 Å². The van der Waals surface area contributed by atoms with E-state index in [2.05, 4.69) is 53.7 Å². The van der Waals surface area contributed by atoms with Crippen molar-refractivity contribution in [1.29, 1.82) is 0 Å². The third-order valence-electron chi connectivity index (χ3n) is 5.30. The number of hydrogen-bond acceptors (Lipinski definition) is 7. The van der Waals surface area contributed by atoms with Crippen molar-refractivity contribution in [3.05, 3.63) is 62.8 Å². The summed E-state index contributed by atoms with van der Waals surface area (Å²) >= 11 is 0.995. The number of hydrogen-bond donors (Lipinski definition) is 5. The van der Waals surface area contributed by atoms with Crippen molar-refractivity contribution in [1.82, 2.24) is 15.6 Å². The minimum Gasteiger partial charge on any atom is -0.506 e. The molecule has 0 saturated heterocycles. The van der Waals surface area contributed by atoms with E-state index in [0.717, 1.165) is 37.4 Å². The van der Waals surface area contributed by atoms with Gasteiger partial charge in [-0.2, -0.15) is 0 Å². The Bertz CT molecular complexity index is 1060. The fourth-order valence-corrected chi connectivity index (χ4v) is 4.28. The van der Waals surface area contributed by atoms with Crippen LogP contribution >= 0.6 is 11.3 Å². The zero-order valence-electron chi connectivity index (χ0n) is 18.2. The average molecular weight is 446 g/mol. The molecule has 1 heterocycles. The number of aromatic nitrogens is 1. The topological polar surface area (TPSA) is 107 Å². The van der Waals surface area contributed by atoms with Crippen LogP contribution in [0.4, 0.5) is 0 Å². The Kier molecular flexibility index (Phi) is 7.85. The highest BCUT2D eigenvalue weighted by Crippen LogP contribution is 2.31. The second kappa shape index (κ2) is 10.4. The van der Waals surface area contributed by atoms with Crippen LogP contribution in [0, 0.1) is 0 Å². The summed E-state index contributed by atoms with van der Waals surface area (Å²) in [7, 11) is 1.72. The number of nitrogens with one attached hydrogen (secondary N) is 3. The summed E-state index contributed by atoms with van der Waals surface area (Å²) in [6.45, 7) is 6.73. The van der Waals surface area contributed by atoms with E-state index in [1.54, 1.807) is 13.2 Å². The number of aromatic hydroxyl groups is 1. The molecule has 3 aromatic rings. The maximum atomic E-state index is 11.6. The van der Waals surface area contributed by atoms with Crippen LogP contribution in [0.3, 0.4) is 0 Å². The predicted molar refractivity (Wildman–Crippen MR) is 125 cm³/mol. The lowest BCUT2D eigenvalue weighted by molar-refractivity contribution is 0.0230. The summed E-state index contributed by atoms with van der Waals surface area (Å²) in [6.07, 6.45) is 0.0706. The molecule has 0 saturated carbocycles. The smallest absolute Gasteiger partial charge is 0.305 e. The second-order valence-corrected chi connectivity index (χ2v) is 9.23. The molecule has 1 aromatic heterocycles. The first-order valence-electron chi connectivity index (χ1n) is 10.4. The van der Waals surface area contributed by atoms with Gasteiger partial charge in [0, 0.05) is 32.3 Å². The Balaban J connectivity index is 1.49. The molecule has 1 unspecified atom stereocenters. The van der Waals surface area contributed by atoms with Crippen molar-refractivity contribution in [3.63, 3.8) is 0 Å². The first kappa shape index (κ1) is 23.4. The van der Waals surface area contributed by atoms with Gasteiger partial charge in [0.15, 0.2) is 0 Å². The summed E-state index contributed by atoms with van der Waals surface area (Å²) in [6, 6.07) is 11.6. The second-order valence-electron chi connectivity index (χ2n) is 8.25. The molecule has 5 N–H and O–H groups in total. The Hall–Kier alpha value is -2.23. The van der Waals surface area contributed by atoms with Crippen molar-refractivity contribution < 1.29 is 14.9 Å². The molecule has 1 atom stereocenters. The van der Waals surface area contributed by atoms with Gasteiger partial charge in [-0.25, -0.2) is 0 Å². The number of aromatic amines is 1. The normalized spacial score (nSPS) is 13.0. The molecular weight excluding hydrogens is 414 g/mol. The molecule has 0 aliphatic rings. The molecule has 0 aliphatic heterocycles. The van der Waals surface area contributed by atoms with E-state index in [-0.39, 0.29) is 16.2 Å². The summed E-state index contributed by atoms with van der Waals surface area (Å²) in [5.41, 5.74) is 3.27. The van der Waals surface area contributed by atoms with Crippen LogP contribution in [0.25, 0.3) is 10.2 Å². The van der Waals surface area contributed by atoms with Crippen LogP contribution in [0.15, 0.2) is 41.2 Å². The van der Waals surface area contributed by atoms with Gasteiger partial charge >= 0.3 is 4.87 Å². The van der Waals surface area contributed by atoms with Gasteiger partial charge in [0.05, 0.1) is 16.4 Å². The van der Waals surface area contributed by atoms with E-state index in [1.165, 1.54) is 17.2 Å². The van der Waals surface area contributed by atoms with E-state index < -0.39 is 6.10 Å². The predicted octanol–water partition coefficient (Wildman–Crippen LogP) is 2.68. The van der Waals surface area contributed by atoms with Crippen LogP contribution in [-0.2, 0) is 17.7 Å². The highest BCUT2D eigenvalue weighted by atomic mass is 32.1. The fourth-order valence-electron chi connectivity index (χ4n) is 3.36. The van der Waals surface area contributed by atoms with Gasteiger partial charge in [-0.05, 0) is 44.0 Å². The zero-order chi connectivity index (χ0) is 22.4. The summed E-state index contributed by atoms with van der Waals surface area (Å²) in [5.74, 6) is 0.0115. The monoisotopic (exact) mass is 445 g/mol. The zero-order valence-corrected chi connectivity index (χ0v) is 19.0. The van der Waals surface area contributed by atoms with Crippen LogP contribution in [0.5, 0.6) is 5.75 Å². The van der Waals surface area contributed by atoms with Crippen molar-refractivity contribution in [2.75, 3.05) is 26.7 Å². The lowest BCUT2D eigenvalue weighted by Gasteiger charge is -2.23. The van der Waals surface area contributed by atoms with E-state index >= 15 is 0 Å². The molecular formula is C23H31N3O4S. The number of fused-ring (bicyclic) bond motifs is 1. The van der Waals surface area contributed by atoms with Crippen molar-refractivity contribution in [3.8, 4) is 5.75 Å². The molecule has 0 radical (unpaired) electrons. The molecule has 2 aromatic carbocycles. The van der Waals surface area contributed by atoms with Crippen LogP contribution in [0.1, 0.15) is 36.6 Å². The standard InChI is InChI=1S/C23H31N3O4S/c1-23(2,30-3)14-25-12-16-6-4-5-15(11-16)9-10-24-13-19(28)17-7-8-18(27)20-21(17)31-22(29)26-20/h4-8,11,19,24-25,27-28H,9-10,12-14H2,1-3H3,(H,26,29). The maximum Gasteiger partial charge on any atom is 0.305 e. The van der Waals surface area contributed by atoms with Gasteiger partial charge in [0.2, 0.25) is 0 Å². The number of aliphatic hydroxyl groups excluding tert-OH is 1. The van der Waals surface area contributed by atoms with E-state index in [1.807, 2.05) is 0 Å². The largest absolute Gasteiger partial charge is 0.506 e. The SMILES string of the molecule is COC(C)(C)CNCc1cccc(CCNCC(O)c2ccc(O)c3[nH]c(=O)sc23)c1.